The van der Waals surface area contributed by atoms with Crippen LogP contribution >= 0.6 is 12.3 Å². The fourth-order valence-corrected chi connectivity index (χ4v) is 4.51. The lowest BCUT2D eigenvalue weighted by Gasteiger charge is -2.12. The Labute approximate surface area is 193 Å². The molecule has 0 aliphatic heterocycles. The van der Waals surface area contributed by atoms with Gasteiger partial charge >= 0.3 is 0 Å². The van der Waals surface area contributed by atoms with Gasteiger partial charge in [0, 0.05) is 37.0 Å². The molecule has 1 aromatic carbocycles. The highest BCUT2D eigenvalue weighted by molar-refractivity contribution is 7.92. The number of benzene rings is 1. The summed E-state index contributed by atoms with van der Waals surface area (Å²) in [6, 6.07) is 6.07. The van der Waals surface area contributed by atoms with E-state index < -0.39 is 11.7 Å². The number of nitriles is 1. The summed E-state index contributed by atoms with van der Waals surface area (Å²) >= 11 is -0.103. The standard InChI is InChI=1S/C22H21F2N7OS/c1-27-17-9-13(23)3-5-15(17)19(26)18-10-28-21-20(30-18)16(11-31(21)33-24)22(32)29-14-4-2-12(8-14)6-7-25/h3,5,9-12,14,26-27H,2,4,6,8H2,1H3,(H,29,32). The molecule has 4 rings (SSSR count). The summed E-state index contributed by atoms with van der Waals surface area (Å²) in [6.45, 7) is 0. The number of carbonyl (C=O) groups excluding carboxylic acids is 1. The Kier molecular flexibility index (Phi) is 6.55. The monoisotopic (exact) mass is 469 g/mol. The van der Waals surface area contributed by atoms with E-state index in [2.05, 4.69) is 26.7 Å². The topological polar surface area (TPSA) is 119 Å². The first kappa shape index (κ1) is 22.7. The molecule has 3 N–H and O–H groups in total. The van der Waals surface area contributed by atoms with Crippen molar-refractivity contribution in [3.05, 3.63) is 53.2 Å². The SMILES string of the molecule is CNc1cc(F)ccc1C(=N)c1cnc2c(n1)c(C(=O)NC1CCC(CC#N)C1)cn2SF. The van der Waals surface area contributed by atoms with E-state index in [1.165, 1.54) is 30.6 Å². The van der Waals surface area contributed by atoms with Gasteiger partial charge in [-0.2, -0.15) is 5.26 Å². The number of amides is 1. The van der Waals surface area contributed by atoms with E-state index in [0.717, 1.165) is 23.2 Å². The van der Waals surface area contributed by atoms with Crippen LogP contribution in [-0.2, 0) is 0 Å². The van der Waals surface area contributed by atoms with Crippen LogP contribution in [0.15, 0.2) is 30.6 Å². The van der Waals surface area contributed by atoms with E-state index in [1.807, 2.05) is 0 Å². The van der Waals surface area contributed by atoms with Gasteiger partial charge < -0.3 is 10.6 Å². The Hall–Kier alpha value is -3.52. The second-order valence-electron chi connectivity index (χ2n) is 7.89. The first-order valence-corrected chi connectivity index (χ1v) is 11.0. The van der Waals surface area contributed by atoms with Crippen LogP contribution in [0.5, 0.6) is 0 Å². The normalized spacial score (nSPS) is 17.6. The number of rotatable bonds is 7. The molecule has 8 nitrogen and oxygen atoms in total. The second-order valence-corrected chi connectivity index (χ2v) is 8.42. The number of nitrogens with zero attached hydrogens (tertiary/aromatic N) is 4. The molecule has 11 heteroatoms. The van der Waals surface area contributed by atoms with Crippen LogP contribution in [0.25, 0.3) is 11.2 Å². The van der Waals surface area contributed by atoms with Gasteiger partial charge in [0.15, 0.2) is 18.0 Å². The van der Waals surface area contributed by atoms with Crippen molar-refractivity contribution >= 4 is 40.8 Å². The smallest absolute Gasteiger partial charge is 0.255 e. The third-order valence-corrected chi connectivity index (χ3v) is 6.24. The second kappa shape index (κ2) is 9.54. The van der Waals surface area contributed by atoms with Gasteiger partial charge in [0.2, 0.25) is 0 Å². The van der Waals surface area contributed by atoms with Crippen molar-refractivity contribution in [1.29, 1.82) is 10.7 Å². The molecule has 1 fully saturated rings. The average Bonchev–Trinajstić information content (AvgIpc) is 3.42. The summed E-state index contributed by atoms with van der Waals surface area (Å²) in [4.78, 5) is 21.7. The molecular formula is C22H21F2N7OS. The molecule has 1 aliphatic carbocycles. The Bertz CT molecular complexity index is 1270. The lowest BCUT2D eigenvalue weighted by molar-refractivity contribution is 0.0938. The van der Waals surface area contributed by atoms with Gasteiger partial charge in [0.25, 0.3) is 5.91 Å². The summed E-state index contributed by atoms with van der Waals surface area (Å²) in [5, 5.41) is 23.2. The lowest BCUT2D eigenvalue weighted by Crippen LogP contribution is -2.33. The zero-order valence-corrected chi connectivity index (χ0v) is 18.5. The third-order valence-electron chi connectivity index (χ3n) is 5.82. The Morgan fingerprint density at radius 3 is 2.94 bits per heavy atom. The number of aromatic nitrogens is 3. The van der Waals surface area contributed by atoms with Crippen molar-refractivity contribution in [3.63, 3.8) is 0 Å². The van der Waals surface area contributed by atoms with Gasteiger partial charge in [-0.25, -0.2) is 18.3 Å². The summed E-state index contributed by atoms with van der Waals surface area (Å²) in [5.41, 5.74) is 1.43. The number of fused-ring (bicyclic) bond motifs is 1. The number of carbonyl (C=O) groups is 1. The molecule has 1 aliphatic rings. The molecule has 2 aromatic heterocycles. The number of halogens is 2. The molecular weight excluding hydrogens is 448 g/mol. The number of anilines is 1. The molecule has 1 saturated carbocycles. The minimum absolute atomic E-state index is 0.0177. The molecule has 1 amide bonds. The molecule has 0 radical (unpaired) electrons. The van der Waals surface area contributed by atoms with Crippen LogP contribution in [0.3, 0.4) is 0 Å². The fourth-order valence-electron chi connectivity index (χ4n) is 4.17. The molecule has 2 atom stereocenters. The predicted molar refractivity (Wildman–Crippen MR) is 122 cm³/mol. The maximum absolute atomic E-state index is 13.6. The van der Waals surface area contributed by atoms with Gasteiger partial charge in [-0.1, -0.05) is 0 Å². The number of hydrogen-bond acceptors (Lipinski definition) is 7. The van der Waals surface area contributed by atoms with E-state index in [4.69, 9.17) is 10.7 Å². The van der Waals surface area contributed by atoms with Crippen LogP contribution in [-0.4, -0.2) is 38.6 Å². The van der Waals surface area contributed by atoms with Gasteiger partial charge in [0.05, 0.1) is 23.5 Å². The molecule has 2 heterocycles. The van der Waals surface area contributed by atoms with E-state index in [-0.39, 0.29) is 52.4 Å². The maximum atomic E-state index is 13.6. The highest BCUT2D eigenvalue weighted by Gasteiger charge is 2.28. The fraction of sp³-hybridized carbons (Fsp3) is 0.318. The minimum Gasteiger partial charge on any atom is -0.387 e. The minimum atomic E-state index is -0.447. The molecule has 3 aromatic rings. The number of nitrogens with one attached hydrogen (secondary N) is 3. The average molecular weight is 470 g/mol. The molecule has 0 spiro atoms. The summed E-state index contributed by atoms with van der Waals surface area (Å²) in [7, 11) is 1.62. The zero-order chi connectivity index (χ0) is 23.5. The van der Waals surface area contributed by atoms with Crippen molar-refractivity contribution in [2.45, 2.75) is 31.7 Å². The van der Waals surface area contributed by atoms with Crippen molar-refractivity contribution in [2.75, 3.05) is 12.4 Å². The van der Waals surface area contributed by atoms with Crippen LogP contribution in [0, 0.1) is 28.5 Å². The van der Waals surface area contributed by atoms with Crippen LogP contribution in [0.2, 0.25) is 0 Å². The van der Waals surface area contributed by atoms with Crippen molar-refractivity contribution in [1.82, 2.24) is 19.3 Å². The lowest BCUT2D eigenvalue weighted by atomic mass is 10.0. The highest BCUT2D eigenvalue weighted by Crippen LogP contribution is 2.29. The van der Waals surface area contributed by atoms with Gasteiger partial charge in [-0.05, 0) is 43.4 Å². The summed E-state index contributed by atoms with van der Waals surface area (Å²) in [5.74, 6) is -0.601. The van der Waals surface area contributed by atoms with Crippen molar-refractivity contribution in [2.24, 2.45) is 5.92 Å². The van der Waals surface area contributed by atoms with Gasteiger partial charge in [-0.15, -0.1) is 3.89 Å². The van der Waals surface area contributed by atoms with Crippen LogP contribution < -0.4 is 10.6 Å². The Balaban J connectivity index is 1.66. The zero-order valence-electron chi connectivity index (χ0n) is 17.7. The largest absolute Gasteiger partial charge is 0.387 e. The van der Waals surface area contributed by atoms with E-state index in [9.17, 15) is 13.1 Å². The molecule has 0 bridgehead atoms. The maximum Gasteiger partial charge on any atom is 0.255 e. The third kappa shape index (κ3) is 4.52. The predicted octanol–water partition coefficient (Wildman–Crippen LogP) is 4.22. The van der Waals surface area contributed by atoms with Crippen molar-refractivity contribution < 1.29 is 13.1 Å². The summed E-state index contributed by atoms with van der Waals surface area (Å²) in [6.07, 6.45) is 5.47. The Morgan fingerprint density at radius 2 is 2.21 bits per heavy atom. The Morgan fingerprint density at radius 1 is 1.39 bits per heavy atom. The van der Waals surface area contributed by atoms with Crippen molar-refractivity contribution in [3.8, 4) is 6.07 Å². The first-order chi connectivity index (χ1) is 15.9. The quantitative estimate of drug-likeness (QED) is 0.446. The molecule has 2 unspecified atom stereocenters. The van der Waals surface area contributed by atoms with Gasteiger partial charge in [-0.3, -0.25) is 10.2 Å². The van der Waals surface area contributed by atoms with E-state index >= 15 is 0 Å². The molecule has 170 valence electrons. The highest BCUT2D eigenvalue weighted by atomic mass is 32.2. The van der Waals surface area contributed by atoms with E-state index in [1.54, 1.807) is 7.05 Å². The first-order valence-electron chi connectivity index (χ1n) is 10.4. The summed E-state index contributed by atoms with van der Waals surface area (Å²) < 4.78 is 28.2. The van der Waals surface area contributed by atoms with Gasteiger partial charge in [0.1, 0.15) is 17.0 Å². The molecule has 0 saturated heterocycles. The number of hydrogen-bond donors (Lipinski definition) is 3. The van der Waals surface area contributed by atoms with Crippen LogP contribution in [0.1, 0.15) is 47.3 Å². The molecule has 33 heavy (non-hydrogen) atoms. The van der Waals surface area contributed by atoms with E-state index in [0.29, 0.717) is 17.7 Å². The van der Waals surface area contributed by atoms with Crippen LogP contribution in [0.4, 0.5) is 14.0 Å².